The van der Waals surface area contributed by atoms with Crippen LogP contribution >= 0.6 is 11.6 Å². The highest BCUT2D eigenvalue weighted by molar-refractivity contribution is 6.30. The Kier molecular flexibility index (Phi) is 3.91. The molecule has 0 unspecified atom stereocenters. The number of aromatic nitrogens is 2. The predicted molar refractivity (Wildman–Crippen MR) is 70.3 cm³/mol. The molecule has 0 aliphatic carbocycles. The second-order valence-corrected chi connectivity index (χ2v) is 4.39. The van der Waals surface area contributed by atoms with Gasteiger partial charge in [-0.25, -0.2) is 9.97 Å². The molecule has 90 valence electrons. The van der Waals surface area contributed by atoms with Crippen molar-refractivity contribution in [2.45, 2.75) is 19.8 Å². The van der Waals surface area contributed by atoms with E-state index < -0.39 is 0 Å². The molecule has 1 aromatic heterocycles. The summed E-state index contributed by atoms with van der Waals surface area (Å²) in [6.45, 7) is 2.09. The molecule has 0 N–H and O–H groups in total. The SMILES string of the molecule is Cc1ccccc1CCc1ncc(C#N)c(Cl)n1. The largest absolute Gasteiger partial charge is 0.240 e. The highest BCUT2D eigenvalue weighted by Gasteiger charge is 2.05. The van der Waals surface area contributed by atoms with E-state index in [1.807, 2.05) is 18.2 Å². The van der Waals surface area contributed by atoms with E-state index in [1.54, 1.807) is 0 Å². The van der Waals surface area contributed by atoms with Crippen LogP contribution in [0.15, 0.2) is 30.5 Å². The maximum atomic E-state index is 8.74. The fourth-order valence-corrected chi connectivity index (χ4v) is 1.92. The first-order valence-corrected chi connectivity index (χ1v) is 6.04. The number of nitrogens with zero attached hydrogens (tertiary/aromatic N) is 3. The van der Waals surface area contributed by atoms with Gasteiger partial charge in [-0.1, -0.05) is 35.9 Å². The minimum Gasteiger partial charge on any atom is -0.240 e. The van der Waals surface area contributed by atoms with Crippen LogP contribution in [0, 0.1) is 18.3 Å². The minimum absolute atomic E-state index is 0.229. The third-order valence-corrected chi connectivity index (χ3v) is 3.08. The summed E-state index contributed by atoms with van der Waals surface area (Å²) in [5, 5.41) is 8.97. The first-order valence-electron chi connectivity index (χ1n) is 5.66. The van der Waals surface area contributed by atoms with Crippen molar-refractivity contribution in [1.29, 1.82) is 5.26 Å². The van der Waals surface area contributed by atoms with Gasteiger partial charge in [-0.05, 0) is 24.5 Å². The lowest BCUT2D eigenvalue weighted by atomic mass is 10.0. The summed E-state index contributed by atoms with van der Waals surface area (Å²) in [5.74, 6) is 0.669. The van der Waals surface area contributed by atoms with Gasteiger partial charge in [0.1, 0.15) is 17.5 Å². The Labute approximate surface area is 111 Å². The molecule has 1 aromatic carbocycles. The number of halogens is 1. The maximum absolute atomic E-state index is 8.74. The van der Waals surface area contributed by atoms with E-state index in [4.69, 9.17) is 16.9 Å². The zero-order valence-corrected chi connectivity index (χ0v) is 10.8. The molecular formula is C14H12ClN3. The van der Waals surface area contributed by atoms with Crippen LogP contribution in [0.4, 0.5) is 0 Å². The van der Waals surface area contributed by atoms with Crippen LogP contribution in [-0.2, 0) is 12.8 Å². The first-order chi connectivity index (χ1) is 8.70. The van der Waals surface area contributed by atoms with Crippen LogP contribution in [0.3, 0.4) is 0 Å². The Balaban J connectivity index is 2.10. The molecule has 0 radical (unpaired) electrons. The van der Waals surface area contributed by atoms with Gasteiger partial charge in [-0.2, -0.15) is 5.26 Å². The number of nitriles is 1. The molecule has 18 heavy (non-hydrogen) atoms. The van der Waals surface area contributed by atoms with Crippen LogP contribution < -0.4 is 0 Å². The van der Waals surface area contributed by atoms with Crippen LogP contribution in [0.2, 0.25) is 5.15 Å². The molecule has 0 bridgehead atoms. The highest BCUT2D eigenvalue weighted by atomic mass is 35.5. The van der Waals surface area contributed by atoms with Gasteiger partial charge < -0.3 is 0 Å². The lowest BCUT2D eigenvalue weighted by molar-refractivity contribution is 0.851. The molecule has 2 aromatic rings. The molecule has 0 saturated carbocycles. The van der Waals surface area contributed by atoms with Gasteiger partial charge in [0.25, 0.3) is 0 Å². The summed E-state index contributed by atoms with van der Waals surface area (Å²) >= 11 is 5.87. The summed E-state index contributed by atoms with van der Waals surface area (Å²) in [5.41, 5.74) is 2.86. The van der Waals surface area contributed by atoms with E-state index in [0.717, 1.165) is 12.8 Å². The fraction of sp³-hybridized carbons (Fsp3) is 0.214. The Morgan fingerprint density at radius 2 is 2.06 bits per heavy atom. The van der Waals surface area contributed by atoms with Gasteiger partial charge in [0.2, 0.25) is 0 Å². The molecule has 1 heterocycles. The maximum Gasteiger partial charge on any atom is 0.150 e. The van der Waals surface area contributed by atoms with Crippen molar-refractivity contribution in [1.82, 2.24) is 9.97 Å². The van der Waals surface area contributed by atoms with E-state index in [9.17, 15) is 0 Å². The molecule has 0 spiro atoms. The summed E-state index contributed by atoms with van der Waals surface area (Å²) in [4.78, 5) is 8.26. The number of aryl methyl sites for hydroxylation is 3. The van der Waals surface area contributed by atoms with E-state index in [2.05, 4.69) is 29.0 Å². The second-order valence-electron chi connectivity index (χ2n) is 4.03. The fourth-order valence-electron chi connectivity index (χ4n) is 1.73. The van der Waals surface area contributed by atoms with Crippen molar-refractivity contribution in [2.75, 3.05) is 0 Å². The lowest BCUT2D eigenvalue weighted by Gasteiger charge is -2.05. The third-order valence-electron chi connectivity index (χ3n) is 2.79. The molecule has 0 atom stereocenters. The van der Waals surface area contributed by atoms with Gasteiger partial charge in [0.15, 0.2) is 5.15 Å². The summed E-state index contributed by atoms with van der Waals surface area (Å²) < 4.78 is 0. The van der Waals surface area contributed by atoms with Crippen LogP contribution in [0.25, 0.3) is 0 Å². The summed E-state index contributed by atoms with van der Waals surface area (Å²) in [6.07, 6.45) is 3.06. The van der Waals surface area contributed by atoms with E-state index in [-0.39, 0.29) is 5.15 Å². The molecule has 0 saturated heterocycles. The van der Waals surface area contributed by atoms with Crippen molar-refractivity contribution in [3.05, 3.63) is 58.1 Å². The van der Waals surface area contributed by atoms with Crippen LogP contribution in [-0.4, -0.2) is 9.97 Å². The normalized spacial score (nSPS) is 10.1. The van der Waals surface area contributed by atoms with E-state index in [1.165, 1.54) is 17.3 Å². The average Bonchev–Trinajstić information content (AvgIpc) is 2.38. The number of rotatable bonds is 3. The van der Waals surface area contributed by atoms with Crippen molar-refractivity contribution < 1.29 is 0 Å². The number of benzene rings is 1. The van der Waals surface area contributed by atoms with Crippen molar-refractivity contribution >= 4 is 11.6 Å². The highest BCUT2D eigenvalue weighted by Crippen LogP contribution is 2.13. The molecule has 0 aliphatic rings. The number of hydrogen-bond acceptors (Lipinski definition) is 3. The molecule has 0 fully saturated rings. The summed E-state index contributed by atoms with van der Waals surface area (Å²) in [7, 11) is 0. The average molecular weight is 258 g/mol. The Bertz CT molecular complexity index is 602. The van der Waals surface area contributed by atoms with E-state index >= 15 is 0 Å². The molecule has 2 rings (SSSR count). The van der Waals surface area contributed by atoms with Crippen LogP contribution in [0.1, 0.15) is 22.5 Å². The predicted octanol–water partition coefficient (Wildman–Crippen LogP) is 3.10. The topological polar surface area (TPSA) is 49.6 Å². The Morgan fingerprint density at radius 1 is 1.28 bits per heavy atom. The van der Waals surface area contributed by atoms with Gasteiger partial charge in [0.05, 0.1) is 0 Å². The molecular weight excluding hydrogens is 246 g/mol. The summed E-state index contributed by atoms with van der Waals surface area (Å²) in [6, 6.07) is 10.2. The van der Waals surface area contributed by atoms with Gasteiger partial charge >= 0.3 is 0 Å². The van der Waals surface area contributed by atoms with Crippen LogP contribution in [0.5, 0.6) is 0 Å². The standard InChI is InChI=1S/C14H12ClN3/c1-10-4-2-3-5-11(10)6-7-13-17-9-12(8-16)14(15)18-13/h2-5,9H,6-7H2,1H3. The van der Waals surface area contributed by atoms with Gasteiger partial charge in [0, 0.05) is 12.6 Å². The molecule has 3 nitrogen and oxygen atoms in total. The zero-order chi connectivity index (χ0) is 13.0. The number of hydrogen-bond donors (Lipinski definition) is 0. The molecule has 0 aliphatic heterocycles. The van der Waals surface area contributed by atoms with Crippen molar-refractivity contribution in [2.24, 2.45) is 0 Å². The van der Waals surface area contributed by atoms with Crippen molar-refractivity contribution in [3.63, 3.8) is 0 Å². The second kappa shape index (κ2) is 5.61. The van der Waals surface area contributed by atoms with Gasteiger partial charge in [-0.3, -0.25) is 0 Å². The third kappa shape index (κ3) is 2.85. The van der Waals surface area contributed by atoms with E-state index in [0.29, 0.717) is 11.4 Å². The minimum atomic E-state index is 0.229. The quantitative estimate of drug-likeness (QED) is 0.794. The lowest BCUT2D eigenvalue weighted by Crippen LogP contribution is -2.00. The smallest absolute Gasteiger partial charge is 0.150 e. The first kappa shape index (κ1) is 12.5. The zero-order valence-electron chi connectivity index (χ0n) is 10.0. The monoisotopic (exact) mass is 257 g/mol. The Morgan fingerprint density at radius 3 is 2.72 bits per heavy atom. The van der Waals surface area contributed by atoms with Crippen molar-refractivity contribution in [3.8, 4) is 6.07 Å². The molecule has 4 heteroatoms. The molecule has 0 amide bonds. The Hall–Kier alpha value is -1.92. The van der Waals surface area contributed by atoms with Gasteiger partial charge in [-0.15, -0.1) is 0 Å².